The Balaban J connectivity index is 2.10. The maximum absolute atomic E-state index is 12.4. The third-order valence-corrected chi connectivity index (χ3v) is 3.99. The minimum absolute atomic E-state index is 0.0349. The van der Waals surface area contributed by atoms with Crippen molar-refractivity contribution >= 4 is 11.7 Å². The molecule has 2 aromatic rings. The van der Waals surface area contributed by atoms with E-state index in [1.165, 1.54) is 12.5 Å². The molecular weight excluding hydrogens is 302 g/mol. The van der Waals surface area contributed by atoms with Crippen LogP contribution in [0.3, 0.4) is 0 Å². The number of hydrogen-bond donors (Lipinski definition) is 1. The lowest BCUT2D eigenvalue weighted by molar-refractivity contribution is -0.121. The van der Waals surface area contributed by atoms with Crippen LogP contribution in [0.4, 0.5) is 0 Å². The number of ether oxygens (including phenoxy) is 1. The number of carbonyl (C=O) groups is 2. The minimum atomic E-state index is -0.109. The van der Waals surface area contributed by atoms with Crippen LogP contribution in [-0.4, -0.2) is 18.8 Å². The quantitative estimate of drug-likeness (QED) is 0.825. The molecule has 0 saturated heterocycles. The van der Waals surface area contributed by atoms with E-state index in [1.54, 1.807) is 25.3 Å². The Morgan fingerprint density at radius 3 is 2.38 bits per heavy atom. The summed E-state index contributed by atoms with van der Waals surface area (Å²) in [6.07, 6.45) is 0.167. The molecule has 4 nitrogen and oxygen atoms in total. The Morgan fingerprint density at radius 2 is 1.79 bits per heavy atom. The summed E-state index contributed by atoms with van der Waals surface area (Å²) in [6.45, 7) is 5.48. The summed E-state index contributed by atoms with van der Waals surface area (Å²) in [7, 11) is 1.55. The number of ketones is 1. The van der Waals surface area contributed by atoms with Crippen LogP contribution in [0.1, 0.15) is 46.9 Å². The van der Waals surface area contributed by atoms with E-state index in [0.717, 1.165) is 5.56 Å². The second kappa shape index (κ2) is 7.77. The van der Waals surface area contributed by atoms with Gasteiger partial charge in [-0.1, -0.05) is 29.8 Å². The van der Waals surface area contributed by atoms with Gasteiger partial charge in [-0.25, -0.2) is 0 Å². The van der Waals surface area contributed by atoms with Crippen molar-refractivity contribution in [3.05, 3.63) is 64.7 Å². The molecule has 0 bridgehead atoms. The number of nitrogens with one attached hydrogen (secondary N) is 1. The topological polar surface area (TPSA) is 55.4 Å². The summed E-state index contributed by atoms with van der Waals surface area (Å²) >= 11 is 0. The van der Waals surface area contributed by atoms with Crippen LogP contribution >= 0.6 is 0 Å². The van der Waals surface area contributed by atoms with Crippen molar-refractivity contribution in [1.82, 2.24) is 5.32 Å². The van der Waals surface area contributed by atoms with E-state index in [1.807, 2.05) is 38.1 Å². The van der Waals surface area contributed by atoms with Gasteiger partial charge in [-0.3, -0.25) is 9.59 Å². The SMILES string of the molecule is COc1ccc(C(C)=O)cc1CC(=O)NC(C)c1ccc(C)cc1. The number of methoxy groups -OCH3 is 1. The average Bonchev–Trinajstić information content (AvgIpc) is 2.55. The Hall–Kier alpha value is -2.62. The smallest absolute Gasteiger partial charge is 0.225 e. The van der Waals surface area contributed by atoms with Crippen molar-refractivity contribution in [2.45, 2.75) is 33.2 Å². The lowest BCUT2D eigenvalue weighted by Crippen LogP contribution is -2.28. The van der Waals surface area contributed by atoms with E-state index >= 15 is 0 Å². The zero-order valence-electron chi connectivity index (χ0n) is 14.6. The van der Waals surface area contributed by atoms with Gasteiger partial charge in [0.2, 0.25) is 5.91 Å². The molecule has 2 rings (SSSR count). The molecule has 4 heteroatoms. The first-order chi connectivity index (χ1) is 11.4. The lowest BCUT2D eigenvalue weighted by Gasteiger charge is -2.16. The van der Waals surface area contributed by atoms with Crippen molar-refractivity contribution in [2.75, 3.05) is 7.11 Å². The van der Waals surface area contributed by atoms with Gasteiger partial charge < -0.3 is 10.1 Å². The van der Waals surface area contributed by atoms with Gasteiger partial charge in [0.15, 0.2) is 5.78 Å². The van der Waals surface area contributed by atoms with E-state index in [2.05, 4.69) is 5.32 Å². The first-order valence-electron chi connectivity index (χ1n) is 7.94. The van der Waals surface area contributed by atoms with Crippen molar-refractivity contribution in [2.24, 2.45) is 0 Å². The molecule has 0 aromatic heterocycles. The monoisotopic (exact) mass is 325 g/mol. The maximum atomic E-state index is 12.4. The molecule has 126 valence electrons. The summed E-state index contributed by atoms with van der Waals surface area (Å²) in [5.74, 6) is 0.465. The Morgan fingerprint density at radius 1 is 1.12 bits per heavy atom. The van der Waals surface area contributed by atoms with Gasteiger partial charge in [0.25, 0.3) is 0 Å². The molecule has 0 radical (unpaired) electrons. The van der Waals surface area contributed by atoms with Crippen LogP contribution < -0.4 is 10.1 Å². The third-order valence-electron chi connectivity index (χ3n) is 3.99. The summed E-state index contributed by atoms with van der Waals surface area (Å²) in [5, 5.41) is 2.98. The normalized spacial score (nSPS) is 11.7. The molecule has 0 heterocycles. The van der Waals surface area contributed by atoms with Crippen LogP contribution in [0.25, 0.3) is 0 Å². The molecule has 2 aromatic carbocycles. The fourth-order valence-electron chi connectivity index (χ4n) is 2.54. The van der Waals surface area contributed by atoms with Gasteiger partial charge in [-0.15, -0.1) is 0 Å². The van der Waals surface area contributed by atoms with Crippen LogP contribution in [0.2, 0.25) is 0 Å². The van der Waals surface area contributed by atoms with Gasteiger partial charge in [0, 0.05) is 11.1 Å². The second-order valence-electron chi connectivity index (χ2n) is 5.96. The number of carbonyl (C=O) groups excluding carboxylic acids is 2. The molecular formula is C20H23NO3. The standard InChI is InChI=1S/C20H23NO3/c1-13-5-7-16(8-6-13)14(2)21-20(23)12-18-11-17(15(3)22)9-10-19(18)24-4/h5-11,14H,12H2,1-4H3,(H,21,23). The Labute approximate surface area is 142 Å². The average molecular weight is 325 g/mol. The number of amides is 1. The molecule has 0 aliphatic rings. The lowest BCUT2D eigenvalue weighted by atomic mass is 10.0. The van der Waals surface area contributed by atoms with Crippen LogP contribution in [0, 0.1) is 6.92 Å². The summed E-state index contributed by atoms with van der Waals surface area (Å²) in [4.78, 5) is 23.9. The molecule has 0 aliphatic heterocycles. The van der Waals surface area contributed by atoms with Gasteiger partial charge in [-0.2, -0.15) is 0 Å². The Bertz CT molecular complexity index is 735. The van der Waals surface area contributed by atoms with E-state index in [0.29, 0.717) is 16.9 Å². The van der Waals surface area contributed by atoms with Crippen molar-refractivity contribution < 1.29 is 14.3 Å². The number of hydrogen-bond acceptors (Lipinski definition) is 3. The van der Waals surface area contributed by atoms with Crippen LogP contribution in [0.5, 0.6) is 5.75 Å². The predicted molar refractivity (Wildman–Crippen MR) is 94.4 cm³/mol. The Kier molecular flexibility index (Phi) is 5.74. The zero-order valence-corrected chi connectivity index (χ0v) is 14.6. The highest BCUT2D eigenvalue weighted by Crippen LogP contribution is 2.21. The van der Waals surface area contributed by atoms with Crippen molar-refractivity contribution in [3.63, 3.8) is 0 Å². The van der Waals surface area contributed by atoms with E-state index in [9.17, 15) is 9.59 Å². The minimum Gasteiger partial charge on any atom is -0.496 e. The number of benzene rings is 2. The highest BCUT2D eigenvalue weighted by atomic mass is 16.5. The first-order valence-corrected chi connectivity index (χ1v) is 7.94. The second-order valence-corrected chi connectivity index (χ2v) is 5.96. The molecule has 1 atom stereocenters. The molecule has 0 aliphatic carbocycles. The maximum Gasteiger partial charge on any atom is 0.225 e. The highest BCUT2D eigenvalue weighted by molar-refractivity contribution is 5.94. The number of Topliss-reactive ketones (excluding diaryl/α,β-unsaturated/α-hetero) is 1. The molecule has 24 heavy (non-hydrogen) atoms. The molecule has 1 unspecified atom stereocenters. The van der Waals surface area contributed by atoms with Gasteiger partial charge in [-0.05, 0) is 44.5 Å². The van der Waals surface area contributed by atoms with E-state index in [-0.39, 0.29) is 24.2 Å². The largest absolute Gasteiger partial charge is 0.496 e. The van der Waals surface area contributed by atoms with Crippen molar-refractivity contribution in [1.29, 1.82) is 0 Å². The van der Waals surface area contributed by atoms with E-state index < -0.39 is 0 Å². The molecule has 0 fully saturated rings. The fraction of sp³-hybridized carbons (Fsp3) is 0.300. The first kappa shape index (κ1) is 17.7. The van der Waals surface area contributed by atoms with Crippen molar-refractivity contribution in [3.8, 4) is 5.75 Å². The molecule has 1 amide bonds. The third kappa shape index (κ3) is 4.44. The molecule has 0 spiro atoms. The predicted octanol–water partition coefficient (Wildman–Crippen LogP) is 3.63. The summed E-state index contributed by atoms with van der Waals surface area (Å²) in [5.41, 5.74) is 3.52. The number of aryl methyl sites for hydroxylation is 1. The van der Waals surface area contributed by atoms with Crippen LogP contribution in [0.15, 0.2) is 42.5 Å². The highest BCUT2D eigenvalue weighted by Gasteiger charge is 2.14. The summed E-state index contributed by atoms with van der Waals surface area (Å²) < 4.78 is 5.29. The van der Waals surface area contributed by atoms with Gasteiger partial charge in [0.1, 0.15) is 5.75 Å². The fourth-order valence-corrected chi connectivity index (χ4v) is 2.54. The van der Waals surface area contributed by atoms with Crippen LogP contribution in [-0.2, 0) is 11.2 Å². The van der Waals surface area contributed by atoms with Gasteiger partial charge in [0.05, 0.1) is 19.6 Å². The number of rotatable bonds is 6. The molecule has 0 saturated carbocycles. The molecule has 1 N–H and O–H groups in total. The summed E-state index contributed by atoms with van der Waals surface area (Å²) in [6, 6.07) is 13.1. The van der Waals surface area contributed by atoms with Gasteiger partial charge >= 0.3 is 0 Å². The zero-order chi connectivity index (χ0) is 17.7. The van der Waals surface area contributed by atoms with E-state index in [4.69, 9.17) is 4.74 Å².